The highest BCUT2D eigenvalue weighted by atomic mass is 32.1. The second kappa shape index (κ2) is 4.60. The zero-order valence-corrected chi connectivity index (χ0v) is 12.0. The first-order valence-corrected chi connectivity index (χ1v) is 7.96. The van der Waals surface area contributed by atoms with Crippen LogP contribution in [0.25, 0.3) is 0 Å². The van der Waals surface area contributed by atoms with Crippen LogP contribution in [-0.2, 0) is 25.8 Å². The molecule has 0 spiro atoms. The van der Waals surface area contributed by atoms with Crippen molar-refractivity contribution in [2.24, 2.45) is 0 Å². The van der Waals surface area contributed by atoms with Crippen molar-refractivity contribution in [2.75, 3.05) is 11.4 Å². The van der Waals surface area contributed by atoms with Crippen LogP contribution >= 0.6 is 11.3 Å². The van der Waals surface area contributed by atoms with Crippen molar-refractivity contribution in [1.82, 2.24) is 4.98 Å². The molecule has 0 saturated carbocycles. The molecule has 2 aromatic heterocycles. The van der Waals surface area contributed by atoms with Crippen molar-refractivity contribution >= 4 is 17.2 Å². The van der Waals surface area contributed by atoms with Crippen LogP contribution in [0.2, 0.25) is 0 Å². The van der Waals surface area contributed by atoms with Gasteiger partial charge in [0.2, 0.25) is 0 Å². The van der Waals surface area contributed by atoms with E-state index in [9.17, 15) is 5.26 Å². The summed E-state index contributed by atoms with van der Waals surface area (Å²) < 4.78 is 0. The molecule has 0 unspecified atom stereocenters. The van der Waals surface area contributed by atoms with Crippen LogP contribution in [0.1, 0.15) is 33.7 Å². The summed E-state index contributed by atoms with van der Waals surface area (Å²) in [7, 11) is 0. The summed E-state index contributed by atoms with van der Waals surface area (Å²) in [5, 5.41) is 11.6. The minimum Gasteiger partial charge on any atom is -0.351 e. The van der Waals surface area contributed by atoms with Gasteiger partial charge in [0.15, 0.2) is 0 Å². The van der Waals surface area contributed by atoms with Crippen molar-refractivity contribution in [3.8, 4) is 6.07 Å². The van der Waals surface area contributed by atoms with Crippen molar-refractivity contribution in [3.05, 3.63) is 44.8 Å². The highest BCUT2D eigenvalue weighted by molar-refractivity contribution is 7.10. The van der Waals surface area contributed by atoms with Gasteiger partial charge in [-0.1, -0.05) is 0 Å². The predicted molar refractivity (Wildman–Crippen MR) is 80.1 cm³/mol. The summed E-state index contributed by atoms with van der Waals surface area (Å²) >= 11 is 1.84. The third-order valence-electron chi connectivity index (χ3n) is 4.26. The van der Waals surface area contributed by atoms with Crippen molar-refractivity contribution < 1.29 is 0 Å². The summed E-state index contributed by atoms with van der Waals surface area (Å²) in [5.74, 6) is 0.894. The van der Waals surface area contributed by atoms with E-state index in [1.54, 1.807) is 0 Å². The maximum Gasteiger partial charge on any atom is 0.147 e. The molecule has 3 nitrogen and oxygen atoms in total. The molecule has 1 aliphatic carbocycles. The van der Waals surface area contributed by atoms with E-state index >= 15 is 0 Å². The third-order valence-corrected chi connectivity index (χ3v) is 5.28. The lowest BCUT2D eigenvalue weighted by atomic mass is 10.1. The van der Waals surface area contributed by atoms with E-state index in [0.29, 0.717) is 0 Å². The van der Waals surface area contributed by atoms with Gasteiger partial charge >= 0.3 is 0 Å². The van der Waals surface area contributed by atoms with Gasteiger partial charge in [0.1, 0.15) is 11.9 Å². The van der Waals surface area contributed by atoms with Crippen LogP contribution in [-0.4, -0.2) is 11.5 Å². The van der Waals surface area contributed by atoms with E-state index in [1.165, 1.54) is 28.1 Å². The molecule has 0 saturated heterocycles. The molecule has 0 N–H and O–H groups in total. The molecule has 100 valence electrons. The fourth-order valence-corrected chi connectivity index (χ4v) is 4.10. The van der Waals surface area contributed by atoms with E-state index in [2.05, 4.69) is 28.5 Å². The number of hydrogen-bond acceptors (Lipinski definition) is 4. The molecule has 0 fully saturated rings. The largest absolute Gasteiger partial charge is 0.351 e. The number of aromatic nitrogens is 1. The zero-order valence-electron chi connectivity index (χ0n) is 11.2. The van der Waals surface area contributed by atoms with Crippen molar-refractivity contribution in [2.45, 2.75) is 32.2 Å². The Bertz CT molecular complexity index is 711. The zero-order chi connectivity index (χ0) is 13.5. The Kier molecular flexibility index (Phi) is 2.75. The summed E-state index contributed by atoms with van der Waals surface area (Å²) in [5.41, 5.74) is 4.62. The lowest BCUT2D eigenvalue weighted by molar-refractivity contribution is 0.728. The maximum atomic E-state index is 9.42. The van der Waals surface area contributed by atoms with Gasteiger partial charge in [-0.3, -0.25) is 0 Å². The Morgan fingerprint density at radius 3 is 3.10 bits per heavy atom. The van der Waals surface area contributed by atoms with Crippen molar-refractivity contribution in [3.63, 3.8) is 0 Å². The van der Waals surface area contributed by atoms with Gasteiger partial charge in [-0.2, -0.15) is 5.26 Å². The quantitative estimate of drug-likeness (QED) is 0.806. The van der Waals surface area contributed by atoms with E-state index in [-0.39, 0.29) is 0 Å². The minimum absolute atomic E-state index is 0.740. The Balaban J connectivity index is 1.74. The molecule has 1 aliphatic heterocycles. The first-order chi connectivity index (χ1) is 9.85. The standard InChI is InChI=1S/C16H15N3S/c17-9-13-8-11-2-1-3-14(11)18-16(13)19-6-4-15-12(10-19)5-7-20-15/h5,7-8H,1-4,6,10H2. The van der Waals surface area contributed by atoms with Crippen LogP contribution in [0.5, 0.6) is 0 Å². The summed E-state index contributed by atoms with van der Waals surface area (Å²) in [6.07, 6.45) is 4.37. The normalized spacial score (nSPS) is 16.6. The van der Waals surface area contributed by atoms with Gasteiger partial charge in [-0.05, 0) is 54.3 Å². The van der Waals surface area contributed by atoms with E-state index in [4.69, 9.17) is 4.98 Å². The summed E-state index contributed by atoms with van der Waals surface area (Å²) in [6, 6.07) is 6.60. The number of pyridine rings is 1. The average Bonchev–Trinajstić information content (AvgIpc) is 3.13. The Morgan fingerprint density at radius 2 is 2.20 bits per heavy atom. The molecule has 0 amide bonds. The lowest BCUT2D eigenvalue weighted by Gasteiger charge is -2.29. The molecule has 4 rings (SSSR count). The second-order valence-corrected chi connectivity index (χ2v) is 6.47. The van der Waals surface area contributed by atoms with Crippen LogP contribution in [0.15, 0.2) is 17.5 Å². The predicted octanol–water partition coefficient (Wildman–Crippen LogP) is 3.07. The van der Waals surface area contributed by atoms with Crippen LogP contribution in [0, 0.1) is 11.3 Å². The number of fused-ring (bicyclic) bond motifs is 2. The van der Waals surface area contributed by atoms with E-state index in [1.807, 2.05) is 11.3 Å². The summed E-state index contributed by atoms with van der Waals surface area (Å²) in [4.78, 5) is 8.57. The average molecular weight is 281 g/mol. The van der Waals surface area contributed by atoms with Gasteiger partial charge in [0, 0.05) is 23.7 Å². The van der Waals surface area contributed by atoms with Gasteiger partial charge in [0.25, 0.3) is 0 Å². The molecule has 2 aliphatic rings. The van der Waals surface area contributed by atoms with Crippen LogP contribution < -0.4 is 4.90 Å². The van der Waals surface area contributed by atoms with Gasteiger partial charge in [-0.25, -0.2) is 4.98 Å². The SMILES string of the molecule is N#Cc1cc2c(nc1N1CCc3sccc3C1)CCC2. The third kappa shape index (κ3) is 1.82. The molecular formula is C16H15N3S. The molecule has 0 atom stereocenters. The first kappa shape index (κ1) is 11.9. The van der Waals surface area contributed by atoms with E-state index in [0.717, 1.165) is 43.7 Å². The van der Waals surface area contributed by atoms with Gasteiger partial charge in [0.05, 0.1) is 5.56 Å². The smallest absolute Gasteiger partial charge is 0.147 e. The molecule has 20 heavy (non-hydrogen) atoms. The molecule has 0 aromatic carbocycles. The number of aryl methyl sites for hydroxylation is 2. The van der Waals surface area contributed by atoms with Gasteiger partial charge in [-0.15, -0.1) is 11.3 Å². The topological polar surface area (TPSA) is 39.9 Å². The lowest BCUT2D eigenvalue weighted by Crippen LogP contribution is -2.31. The van der Waals surface area contributed by atoms with Gasteiger partial charge < -0.3 is 4.90 Å². The number of rotatable bonds is 1. The Morgan fingerprint density at radius 1 is 1.25 bits per heavy atom. The molecule has 3 heterocycles. The van der Waals surface area contributed by atoms with E-state index < -0.39 is 0 Å². The highest BCUT2D eigenvalue weighted by Gasteiger charge is 2.23. The molecule has 0 bridgehead atoms. The second-order valence-electron chi connectivity index (χ2n) is 5.47. The fourth-order valence-electron chi connectivity index (χ4n) is 3.21. The molecule has 4 heteroatoms. The monoisotopic (exact) mass is 281 g/mol. The first-order valence-electron chi connectivity index (χ1n) is 7.08. The number of anilines is 1. The number of nitriles is 1. The Hall–Kier alpha value is -1.86. The number of hydrogen-bond donors (Lipinski definition) is 0. The number of thiophene rings is 1. The number of nitrogens with zero attached hydrogens (tertiary/aromatic N) is 3. The van der Waals surface area contributed by atoms with Crippen LogP contribution in [0.4, 0.5) is 5.82 Å². The molecular weight excluding hydrogens is 266 g/mol. The summed E-state index contributed by atoms with van der Waals surface area (Å²) in [6.45, 7) is 1.85. The maximum absolute atomic E-state index is 9.42. The Labute approximate surface area is 122 Å². The fraction of sp³-hybridized carbons (Fsp3) is 0.375. The molecule has 0 radical (unpaired) electrons. The molecule has 2 aromatic rings. The van der Waals surface area contributed by atoms with Crippen LogP contribution in [0.3, 0.4) is 0 Å². The van der Waals surface area contributed by atoms with Crippen molar-refractivity contribution in [1.29, 1.82) is 5.26 Å². The highest BCUT2D eigenvalue weighted by Crippen LogP contribution is 2.31. The minimum atomic E-state index is 0.740.